The van der Waals surface area contributed by atoms with Gasteiger partial charge in [-0.15, -0.1) is 0 Å². The lowest BCUT2D eigenvalue weighted by Gasteiger charge is -2.32. The topological polar surface area (TPSA) is 58.6 Å². The van der Waals surface area contributed by atoms with E-state index in [1.807, 2.05) is 45.0 Å². The lowest BCUT2D eigenvalue weighted by Crippen LogP contribution is -2.47. The number of aryl methyl sites for hydroxylation is 1. The number of hydrogen-bond acceptors (Lipinski definition) is 4. The molecule has 0 atom stereocenters. The molecule has 1 saturated heterocycles. The third-order valence-electron chi connectivity index (χ3n) is 4.36. The largest absolute Gasteiger partial charge is 0.444 e. The second kappa shape index (κ2) is 8.48. The highest BCUT2D eigenvalue weighted by Gasteiger charge is 2.24. The Kier molecular flexibility index (Phi) is 6.59. The van der Waals surface area contributed by atoms with Crippen LogP contribution in [0.5, 0.6) is 0 Å². The van der Waals surface area contributed by atoms with Gasteiger partial charge in [-0.1, -0.05) is 31.2 Å². The van der Waals surface area contributed by atoms with Gasteiger partial charge in [0.15, 0.2) is 5.78 Å². The first-order valence-corrected chi connectivity index (χ1v) is 9.11. The Morgan fingerprint density at radius 3 is 2.28 bits per heavy atom. The van der Waals surface area contributed by atoms with Gasteiger partial charge in [-0.2, -0.15) is 0 Å². The summed E-state index contributed by atoms with van der Waals surface area (Å²) in [5.41, 5.74) is 1.53. The Morgan fingerprint density at radius 1 is 1.16 bits per heavy atom. The molecule has 138 valence electrons. The van der Waals surface area contributed by atoms with E-state index in [1.165, 1.54) is 5.56 Å². The number of carbonyl (C=O) groups is 2. The number of piperidine rings is 1. The number of benzene rings is 1. The van der Waals surface area contributed by atoms with Gasteiger partial charge in [0.1, 0.15) is 5.60 Å². The van der Waals surface area contributed by atoms with E-state index in [0.29, 0.717) is 6.54 Å². The Balaban J connectivity index is 1.76. The van der Waals surface area contributed by atoms with E-state index >= 15 is 0 Å². The maximum absolute atomic E-state index is 12.4. The first-order chi connectivity index (χ1) is 11.8. The zero-order chi connectivity index (χ0) is 18.4. The quantitative estimate of drug-likeness (QED) is 0.830. The van der Waals surface area contributed by atoms with Crippen LogP contribution in [0.4, 0.5) is 4.79 Å². The SMILES string of the molecule is CCc1ccc(C(=O)CN2CCC(NC(=O)OC(C)(C)C)CC2)cc1. The fraction of sp³-hybridized carbons (Fsp3) is 0.600. The van der Waals surface area contributed by atoms with Crippen molar-refractivity contribution in [1.29, 1.82) is 0 Å². The molecule has 0 unspecified atom stereocenters. The molecule has 1 N–H and O–H groups in total. The van der Waals surface area contributed by atoms with E-state index in [9.17, 15) is 9.59 Å². The number of rotatable bonds is 5. The summed E-state index contributed by atoms with van der Waals surface area (Å²) in [6.07, 6.45) is 2.29. The number of Topliss-reactive ketones (excluding diaryl/α,β-unsaturated/α-hetero) is 1. The van der Waals surface area contributed by atoms with Crippen molar-refractivity contribution in [2.75, 3.05) is 19.6 Å². The molecule has 1 amide bonds. The number of likely N-dealkylation sites (tertiary alicyclic amines) is 1. The summed E-state index contributed by atoms with van der Waals surface area (Å²) in [4.78, 5) is 26.4. The van der Waals surface area contributed by atoms with E-state index < -0.39 is 5.60 Å². The predicted molar refractivity (Wildman–Crippen MR) is 99.0 cm³/mol. The van der Waals surface area contributed by atoms with Gasteiger partial charge in [0.2, 0.25) is 0 Å². The summed E-state index contributed by atoms with van der Waals surface area (Å²) in [5.74, 6) is 0.154. The van der Waals surface area contributed by atoms with Gasteiger partial charge < -0.3 is 10.1 Å². The van der Waals surface area contributed by atoms with Crippen molar-refractivity contribution in [3.05, 3.63) is 35.4 Å². The smallest absolute Gasteiger partial charge is 0.407 e. The van der Waals surface area contributed by atoms with Crippen molar-refractivity contribution in [2.45, 2.75) is 58.6 Å². The van der Waals surface area contributed by atoms with Gasteiger partial charge in [0, 0.05) is 24.7 Å². The standard InChI is InChI=1S/C20H30N2O3/c1-5-15-6-8-16(9-7-15)18(23)14-22-12-10-17(11-13-22)21-19(24)25-20(2,3)4/h6-9,17H,5,10-14H2,1-4H3,(H,21,24). The Hall–Kier alpha value is -1.88. The number of alkyl carbamates (subject to hydrolysis) is 1. The lowest BCUT2D eigenvalue weighted by molar-refractivity contribution is 0.0476. The molecule has 2 rings (SSSR count). The zero-order valence-corrected chi connectivity index (χ0v) is 15.8. The Labute approximate surface area is 150 Å². The van der Waals surface area contributed by atoms with Crippen molar-refractivity contribution in [1.82, 2.24) is 10.2 Å². The molecule has 0 saturated carbocycles. The van der Waals surface area contributed by atoms with Gasteiger partial charge in [-0.05, 0) is 45.6 Å². The minimum Gasteiger partial charge on any atom is -0.444 e. The van der Waals surface area contributed by atoms with Crippen LogP contribution in [0, 0.1) is 0 Å². The van der Waals surface area contributed by atoms with Crippen LogP contribution in [0.15, 0.2) is 24.3 Å². The van der Waals surface area contributed by atoms with Crippen LogP contribution in [-0.2, 0) is 11.2 Å². The Morgan fingerprint density at radius 2 is 1.76 bits per heavy atom. The number of carbonyl (C=O) groups excluding carboxylic acids is 2. The van der Waals surface area contributed by atoms with E-state index in [1.54, 1.807) is 0 Å². The first kappa shape index (κ1) is 19.4. The molecule has 0 aliphatic carbocycles. The summed E-state index contributed by atoms with van der Waals surface area (Å²) in [5, 5.41) is 2.92. The maximum atomic E-state index is 12.4. The fourth-order valence-corrected chi connectivity index (χ4v) is 2.93. The second-order valence-corrected chi connectivity index (χ2v) is 7.67. The molecule has 0 radical (unpaired) electrons. The summed E-state index contributed by atoms with van der Waals surface area (Å²) in [6.45, 7) is 9.71. The normalized spacial score (nSPS) is 16.5. The van der Waals surface area contributed by atoms with E-state index in [0.717, 1.165) is 37.9 Å². The molecule has 1 heterocycles. The highest BCUT2D eigenvalue weighted by Crippen LogP contribution is 2.14. The van der Waals surface area contributed by atoms with Gasteiger partial charge in [-0.3, -0.25) is 9.69 Å². The minimum atomic E-state index is -0.482. The van der Waals surface area contributed by atoms with E-state index in [4.69, 9.17) is 4.74 Å². The number of ether oxygens (including phenoxy) is 1. The Bertz CT molecular complexity index is 582. The molecule has 0 bridgehead atoms. The number of nitrogens with zero attached hydrogens (tertiary/aromatic N) is 1. The molecule has 1 aliphatic rings. The van der Waals surface area contributed by atoms with Crippen LogP contribution < -0.4 is 5.32 Å². The average molecular weight is 346 g/mol. The van der Waals surface area contributed by atoms with Crippen LogP contribution >= 0.6 is 0 Å². The highest BCUT2D eigenvalue weighted by atomic mass is 16.6. The first-order valence-electron chi connectivity index (χ1n) is 9.11. The lowest BCUT2D eigenvalue weighted by atomic mass is 10.0. The van der Waals surface area contributed by atoms with Gasteiger partial charge >= 0.3 is 6.09 Å². The maximum Gasteiger partial charge on any atom is 0.407 e. The van der Waals surface area contributed by atoms with Crippen LogP contribution in [0.3, 0.4) is 0 Å². The zero-order valence-electron chi connectivity index (χ0n) is 15.8. The van der Waals surface area contributed by atoms with Crippen molar-refractivity contribution in [2.24, 2.45) is 0 Å². The van der Waals surface area contributed by atoms with Gasteiger partial charge in [0.05, 0.1) is 6.54 Å². The predicted octanol–water partition coefficient (Wildman–Crippen LogP) is 3.42. The second-order valence-electron chi connectivity index (χ2n) is 7.67. The van der Waals surface area contributed by atoms with Crippen LogP contribution in [-0.4, -0.2) is 48.1 Å². The summed E-state index contributed by atoms with van der Waals surface area (Å²) in [6, 6.07) is 7.98. The number of ketones is 1. The molecule has 5 heteroatoms. The summed E-state index contributed by atoms with van der Waals surface area (Å²) < 4.78 is 5.29. The molecule has 1 aromatic rings. The van der Waals surface area contributed by atoms with Crippen LogP contribution in [0.2, 0.25) is 0 Å². The number of hydrogen-bond donors (Lipinski definition) is 1. The summed E-state index contributed by atoms with van der Waals surface area (Å²) in [7, 11) is 0. The molecule has 0 spiro atoms. The van der Waals surface area contributed by atoms with Gasteiger partial charge in [0.25, 0.3) is 0 Å². The van der Waals surface area contributed by atoms with E-state index in [2.05, 4.69) is 17.1 Å². The highest BCUT2D eigenvalue weighted by molar-refractivity contribution is 5.97. The number of amides is 1. The molecule has 5 nitrogen and oxygen atoms in total. The molecule has 1 aliphatic heterocycles. The monoisotopic (exact) mass is 346 g/mol. The van der Waals surface area contributed by atoms with Crippen molar-refractivity contribution in [3.63, 3.8) is 0 Å². The fourth-order valence-electron chi connectivity index (χ4n) is 2.93. The van der Waals surface area contributed by atoms with Crippen molar-refractivity contribution in [3.8, 4) is 0 Å². The van der Waals surface area contributed by atoms with Crippen molar-refractivity contribution >= 4 is 11.9 Å². The molecule has 1 fully saturated rings. The average Bonchev–Trinajstić information content (AvgIpc) is 2.55. The van der Waals surface area contributed by atoms with Crippen molar-refractivity contribution < 1.29 is 14.3 Å². The molecule has 0 aromatic heterocycles. The van der Waals surface area contributed by atoms with Crippen LogP contribution in [0.1, 0.15) is 56.5 Å². The number of nitrogens with one attached hydrogen (secondary N) is 1. The molecular weight excluding hydrogens is 316 g/mol. The molecule has 1 aromatic carbocycles. The third kappa shape index (κ3) is 6.50. The minimum absolute atomic E-state index is 0.116. The van der Waals surface area contributed by atoms with Crippen LogP contribution in [0.25, 0.3) is 0 Å². The van der Waals surface area contributed by atoms with E-state index in [-0.39, 0.29) is 17.9 Å². The van der Waals surface area contributed by atoms with Gasteiger partial charge in [-0.25, -0.2) is 4.79 Å². The third-order valence-corrected chi connectivity index (χ3v) is 4.36. The molecule has 25 heavy (non-hydrogen) atoms. The summed E-state index contributed by atoms with van der Waals surface area (Å²) >= 11 is 0. The molecular formula is C20H30N2O3.